The fraction of sp³-hybridized carbons (Fsp3) is 0.342. The molecule has 3 saturated heterocycles. The number of methoxy groups -OCH3 is 2. The van der Waals surface area contributed by atoms with Crippen LogP contribution >= 0.6 is 23.2 Å². The average Bonchev–Trinajstić information content (AvgIpc) is 3.12. The van der Waals surface area contributed by atoms with Gasteiger partial charge in [-0.25, -0.2) is 14.0 Å². The van der Waals surface area contributed by atoms with Crippen molar-refractivity contribution >= 4 is 35.1 Å². The van der Waals surface area contributed by atoms with E-state index in [4.69, 9.17) is 37.4 Å². The Hall–Kier alpha value is -4.42. The Balaban J connectivity index is 1.36. The fourth-order valence-corrected chi connectivity index (χ4v) is 7.74. The summed E-state index contributed by atoms with van der Waals surface area (Å²) in [6.45, 7) is 2.70. The number of aromatic nitrogens is 1. The molecule has 51 heavy (non-hydrogen) atoms. The number of esters is 1. The molecular formula is C38H39Cl2FN3O7+. The predicted molar refractivity (Wildman–Crippen MR) is 187 cm³/mol. The van der Waals surface area contributed by atoms with E-state index in [9.17, 15) is 19.9 Å². The van der Waals surface area contributed by atoms with Gasteiger partial charge in [-0.3, -0.25) is 15.4 Å². The molecule has 3 N–H and O–H groups in total. The van der Waals surface area contributed by atoms with Crippen molar-refractivity contribution in [1.82, 2.24) is 10.2 Å². The van der Waals surface area contributed by atoms with Gasteiger partial charge in [-0.05, 0) is 79.2 Å². The van der Waals surface area contributed by atoms with Crippen LogP contribution in [0.5, 0.6) is 11.5 Å². The molecule has 3 aromatic carbocycles. The molecular weight excluding hydrogens is 700 g/mol. The van der Waals surface area contributed by atoms with Crippen LogP contribution in [0.4, 0.5) is 4.39 Å². The van der Waals surface area contributed by atoms with Crippen molar-refractivity contribution in [3.63, 3.8) is 0 Å². The molecule has 4 aromatic rings. The molecule has 3 aliphatic rings. The molecule has 2 bridgehead atoms. The first-order chi connectivity index (χ1) is 24.6. The van der Waals surface area contributed by atoms with E-state index in [1.54, 1.807) is 48.5 Å². The van der Waals surface area contributed by atoms with Crippen LogP contribution in [0, 0.1) is 11.7 Å². The van der Waals surface area contributed by atoms with Crippen LogP contribution in [-0.4, -0.2) is 67.1 Å². The number of carbonyl (C=O) groups excluding carboxylic acids is 1. The van der Waals surface area contributed by atoms with Gasteiger partial charge in [0.15, 0.2) is 11.5 Å². The normalized spacial score (nSPS) is 19.3. The minimum Gasteiger partial charge on any atom is -0.493 e. The molecule has 3 aliphatic heterocycles. The van der Waals surface area contributed by atoms with E-state index < -0.39 is 29.7 Å². The first-order valence-corrected chi connectivity index (χ1v) is 17.4. The van der Waals surface area contributed by atoms with Crippen LogP contribution in [0.25, 0.3) is 0 Å². The van der Waals surface area contributed by atoms with Crippen LogP contribution in [-0.2, 0) is 22.5 Å². The highest BCUT2D eigenvalue weighted by Gasteiger charge is 2.38. The van der Waals surface area contributed by atoms with E-state index in [1.165, 1.54) is 38.7 Å². The average molecular weight is 740 g/mol. The lowest BCUT2D eigenvalue weighted by molar-refractivity contribution is -0.904. The Kier molecular flexibility index (Phi) is 11.3. The van der Waals surface area contributed by atoms with Gasteiger partial charge in [-0.15, -0.1) is 0 Å². The first-order valence-electron chi connectivity index (χ1n) is 16.6. The third kappa shape index (κ3) is 8.07. The van der Waals surface area contributed by atoms with Crippen LogP contribution in [0.3, 0.4) is 0 Å². The number of ether oxygens (including phenoxy) is 3. The Morgan fingerprint density at radius 2 is 1.69 bits per heavy atom. The van der Waals surface area contributed by atoms with Gasteiger partial charge in [0.1, 0.15) is 28.0 Å². The lowest BCUT2D eigenvalue weighted by Crippen LogP contribution is -2.52. The summed E-state index contributed by atoms with van der Waals surface area (Å²) < 4.78 is 33.0. The number of carboxylic acid groups (broad SMARTS) is 1. The van der Waals surface area contributed by atoms with Gasteiger partial charge in [0, 0.05) is 34.9 Å². The number of carboxylic acids is 1. The highest BCUT2D eigenvalue weighted by atomic mass is 35.5. The van der Waals surface area contributed by atoms with Crippen molar-refractivity contribution < 1.29 is 43.2 Å². The summed E-state index contributed by atoms with van der Waals surface area (Å²) in [6, 6.07) is 15.2. The van der Waals surface area contributed by atoms with Crippen molar-refractivity contribution in [2.45, 2.75) is 43.9 Å². The summed E-state index contributed by atoms with van der Waals surface area (Å²) in [6.07, 6.45) is 4.38. The molecule has 0 radical (unpaired) electrons. The van der Waals surface area contributed by atoms with Crippen LogP contribution in [0.15, 0.2) is 73.1 Å². The summed E-state index contributed by atoms with van der Waals surface area (Å²) >= 11 is 13.1. The Morgan fingerprint density at radius 3 is 2.31 bits per heavy atom. The monoisotopic (exact) mass is 738 g/mol. The van der Waals surface area contributed by atoms with Crippen LogP contribution in [0.1, 0.15) is 63.0 Å². The maximum Gasteiger partial charge on any atom is 0.335 e. The largest absolute Gasteiger partial charge is 0.493 e. The van der Waals surface area contributed by atoms with E-state index in [0.29, 0.717) is 40.3 Å². The second-order valence-corrected chi connectivity index (χ2v) is 13.7. The van der Waals surface area contributed by atoms with Gasteiger partial charge in [-0.2, -0.15) is 0 Å². The van der Waals surface area contributed by atoms with Gasteiger partial charge in [0.05, 0.1) is 19.8 Å². The zero-order valence-corrected chi connectivity index (χ0v) is 29.7. The van der Waals surface area contributed by atoms with E-state index >= 15 is 4.39 Å². The lowest BCUT2D eigenvalue weighted by Gasteiger charge is -2.44. The van der Waals surface area contributed by atoms with Gasteiger partial charge in [-0.1, -0.05) is 59.6 Å². The van der Waals surface area contributed by atoms with Crippen LogP contribution < -0.4 is 19.5 Å². The van der Waals surface area contributed by atoms with Gasteiger partial charge in [0.2, 0.25) is 12.4 Å². The number of pyridine rings is 1. The molecule has 3 fully saturated rings. The van der Waals surface area contributed by atoms with Crippen molar-refractivity contribution in [3.8, 4) is 11.5 Å². The van der Waals surface area contributed by atoms with Gasteiger partial charge < -0.3 is 19.3 Å². The summed E-state index contributed by atoms with van der Waals surface area (Å²) in [4.78, 5) is 28.7. The summed E-state index contributed by atoms with van der Waals surface area (Å²) in [5.41, 5.74) is 2.42. The van der Waals surface area contributed by atoms with E-state index in [1.807, 2.05) is 0 Å². The number of carbonyl (C=O) groups is 2. The minimum atomic E-state index is -1.15. The van der Waals surface area contributed by atoms with Gasteiger partial charge in [0.25, 0.3) is 0 Å². The first kappa shape index (κ1) is 36.4. The Bertz CT molecular complexity index is 1900. The zero-order chi connectivity index (χ0) is 36.2. The smallest absolute Gasteiger partial charge is 0.335 e. The maximum atomic E-state index is 15.2. The summed E-state index contributed by atoms with van der Waals surface area (Å²) in [7, 11) is 3.02. The molecule has 1 unspecified atom stereocenters. The number of piperidine rings is 3. The third-order valence-electron chi connectivity index (χ3n) is 9.83. The number of benzene rings is 3. The van der Waals surface area contributed by atoms with E-state index in [2.05, 4.69) is 10.2 Å². The number of aromatic carboxylic acids is 1. The second-order valence-electron chi connectivity index (χ2n) is 12.9. The molecule has 10 nitrogen and oxygen atoms in total. The molecule has 0 spiro atoms. The summed E-state index contributed by atoms with van der Waals surface area (Å²) in [5, 5.41) is 23.9. The number of nitrogens with zero attached hydrogens (tertiary/aromatic N) is 2. The molecule has 3 atom stereocenters. The highest BCUT2D eigenvalue weighted by Crippen LogP contribution is 2.39. The molecule has 0 amide bonds. The van der Waals surface area contributed by atoms with Crippen LogP contribution in [0.2, 0.25) is 10.0 Å². The second kappa shape index (κ2) is 15.9. The molecule has 268 valence electrons. The Labute approximate surface area is 305 Å². The number of fused-ring (bicyclic) bond motifs is 3. The lowest BCUT2D eigenvalue weighted by atomic mass is 9.82. The number of nitrogens with one attached hydrogen (secondary N) is 1. The Morgan fingerprint density at radius 1 is 0.980 bits per heavy atom. The zero-order valence-electron chi connectivity index (χ0n) is 28.2. The standard InChI is InChI=1S/C38H38Cl2FN3O7/c1-49-33-10-8-24(16-34(33)50-2)27(17-29-30(39)19-44(48)20-31(29)40)28-15-22(7-9-25(28)37(45)46)18-42-36(26-5-3-4-6-32(26)41)38(47)51-35-21-43-13-11-23(35)12-14-43/h3-10,15-16,19-20,23,27,35-36,42H,11-14,17-18,21H2,1-2H3,(H-,45,46,48)/p+1/t27-,35-,36?/m0/s1. The quantitative estimate of drug-likeness (QED) is 0.0835. The third-order valence-corrected chi connectivity index (χ3v) is 10.5. The van der Waals surface area contributed by atoms with Crippen molar-refractivity contribution in [1.29, 1.82) is 0 Å². The highest BCUT2D eigenvalue weighted by molar-refractivity contribution is 6.35. The van der Waals surface area contributed by atoms with E-state index in [0.717, 1.165) is 30.7 Å². The number of rotatable bonds is 13. The fourth-order valence-electron chi connectivity index (χ4n) is 7.13. The number of hydrogen-bond acceptors (Lipinski definition) is 8. The maximum absolute atomic E-state index is 15.2. The SMILES string of the molecule is COc1ccc([C@H](Cc2c(Cl)c[n+](O)cc2Cl)c2cc(CNC(C(=O)O[C@H]3CN4CCC3CC4)c3ccccc3F)ccc2C(=O)O)cc1OC. The number of halogens is 3. The van der Waals surface area contributed by atoms with Crippen molar-refractivity contribution in [2.24, 2.45) is 5.92 Å². The molecule has 4 heterocycles. The minimum absolute atomic E-state index is 0.0337. The number of hydrogen-bond donors (Lipinski definition) is 3. The molecule has 7 rings (SSSR count). The van der Waals surface area contributed by atoms with Gasteiger partial charge >= 0.3 is 11.9 Å². The van der Waals surface area contributed by atoms with Crippen molar-refractivity contribution in [3.05, 3.63) is 122 Å². The molecule has 13 heteroatoms. The molecule has 1 aromatic heterocycles. The molecule has 0 saturated carbocycles. The van der Waals surface area contributed by atoms with E-state index in [-0.39, 0.29) is 46.2 Å². The topological polar surface area (TPSA) is 121 Å². The predicted octanol–water partition coefficient (Wildman–Crippen LogP) is 6.22. The summed E-state index contributed by atoms with van der Waals surface area (Å²) in [5.74, 6) is -1.71. The van der Waals surface area contributed by atoms with Crippen molar-refractivity contribution in [2.75, 3.05) is 33.9 Å². The molecule has 0 aliphatic carbocycles.